The van der Waals surface area contributed by atoms with Crippen LogP contribution in [0.25, 0.3) is 0 Å². The minimum absolute atomic E-state index is 0. The predicted molar refractivity (Wildman–Crippen MR) is 335 cm³/mol. The van der Waals surface area contributed by atoms with E-state index in [1.165, 1.54) is 78.4 Å². The van der Waals surface area contributed by atoms with E-state index in [0.717, 1.165) is 0 Å². The Morgan fingerprint density at radius 1 is 0.308 bits per heavy atom. The van der Waals surface area contributed by atoms with Crippen molar-refractivity contribution in [1.29, 1.82) is 0 Å². The van der Waals surface area contributed by atoms with Crippen LogP contribution in [0.1, 0.15) is 101 Å². The van der Waals surface area contributed by atoms with Crippen molar-refractivity contribution in [2.75, 3.05) is 89.5 Å². The molecule has 104 heavy (non-hydrogen) atoms. The normalized spacial score (nSPS) is 28.4. The second kappa shape index (κ2) is 25.7. The largest absolute Gasteiger partial charge is 2.00 e. The number of hydrogen-bond donors (Lipinski definition) is 0. The van der Waals surface area contributed by atoms with Gasteiger partial charge in [-0.15, -0.1) is 0 Å². The third kappa shape index (κ3) is 11.2. The molecular weight excluding hydrogens is 1560 g/mol. The predicted octanol–water partition coefficient (Wildman–Crippen LogP) is 0.0816. The summed E-state index contributed by atoms with van der Waals surface area (Å²) >= 11 is 0. The number of carbonyl (C=O) groups is 8. The fourth-order valence-corrected chi connectivity index (χ4v) is 19.6. The van der Waals surface area contributed by atoms with E-state index in [9.17, 15) is 51.9 Å². The number of fused-ring (bicyclic) bond motifs is 2. The molecule has 40 nitrogen and oxygen atoms in total. The Labute approximate surface area is 622 Å². The van der Waals surface area contributed by atoms with Gasteiger partial charge >= 0.3 is 87.2 Å². The molecule has 0 radical (unpaired) electrons. The SMILES string of the molecule is CC12N3Cc4c(OCCCCS(=O)(=O)[O-])ccc(OCCCCS(=O)(=O)[O-])c4CN1C(=O)N1CN4C(=O)N5CN6C(=O)N7CN8C(=O)N9Cc%10c(OCCCCS(=O)(=O)[O-])ccc(OCCCCS(=O)(=O)[O-])c%10CN%10C(=O)N(CN%11C(=O)N(CN%12C(=O)N(CN(C3=O)C12C)C4C%125)C6C%117)C8(C)C%109C.[Zn+2].[Zn+2]. The van der Waals surface area contributed by atoms with Crippen LogP contribution in [-0.4, -0.2) is 315 Å². The maximum atomic E-state index is 15.7. The zero-order valence-corrected chi connectivity index (χ0v) is 66.2. The number of ether oxygens (including phenoxy) is 4. The third-order valence-corrected chi connectivity index (χ3v) is 26.0. The topological polar surface area (TPSA) is 454 Å². The standard InChI is InChI=1S/C58H76N16O24S4.2Zn/c1-55-57(3)71-31-63-45-43-59(47(63)75)29-61-44-46-65(49(61)77)33-73-53(81)69-27-37-38(42(98-20-8-12-24-102(92,93)94)16-15-41(37)97-19-7-11-23-101(89,90)91)28-70-54(82)74(58(73,4)56(69,70)2)34-66(46)50(78)62(44)30-60(43)48(76)64(45)32-72(57)52(80)68(55)26-36-35(25-67(55)51(71)79)39(95-17-5-9-21-99(83,84)85)13-14-40(36)96-18-6-10-22-100(86,87)88;;/h13-16,43-46H,5-12,17-34H2,1-4H3,(H,83,84,85)(H,86,87,88)(H,89,90,91)(H,92,93,94);;/q;2*+2/p-4. The first-order chi connectivity index (χ1) is 47.9. The molecule has 0 spiro atoms. The fraction of sp³-hybridized carbons (Fsp3) is 0.655. The summed E-state index contributed by atoms with van der Waals surface area (Å²) in [6.07, 6.45) is -4.72. The summed E-state index contributed by atoms with van der Waals surface area (Å²) in [6.45, 7) is 1.96. The molecule has 11 fully saturated rings. The molecule has 2 aromatic carbocycles. The summed E-state index contributed by atoms with van der Waals surface area (Å²) in [5, 5.41) is 0. The average Bonchev–Trinajstić information content (AvgIpc) is 1.49. The Morgan fingerprint density at radius 3 is 0.683 bits per heavy atom. The smallest absolute Gasteiger partial charge is 0.748 e. The Morgan fingerprint density at radius 2 is 0.490 bits per heavy atom. The van der Waals surface area contributed by atoms with Gasteiger partial charge in [0.05, 0.1) is 93.1 Å². The summed E-state index contributed by atoms with van der Waals surface area (Å²) in [5.74, 6) is -1.71. The fourth-order valence-electron chi connectivity index (χ4n) is 17.4. The summed E-state index contributed by atoms with van der Waals surface area (Å²) in [4.78, 5) is 147. The third-order valence-electron chi connectivity index (χ3n) is 22.8. The van der Waals surface area contributed by atoms with Gasteiger partial charge in [-0.1, -0.05) is 0 Å². The number of carbonyl (C=O) groups excluding carboxylic acids is 8. The van der Waals surface area contributed by atoms with Crippen molar-refractivity contribution in [3.8, 4) is 23.0 Å². The summed E-state index contributed by atoms with van der Waals surface area (Å²) in [6, 6.07) is 0.539. The summed E-state index contributed by atoms with van der Waals surface area (Å²) < 4.78 is 162. The molecule has 15 rings (SSSR count). The zero-order chi connectivity index (χ0) is 72.8. The van der Waals surface area contributed by atoms with Gasteiger partial charge in [-0.2, -0.15) is 0 Å². The molecule has 0 bridgehead atoms. The molecule has 0 saturated carbocycles. The van der Waals surface area contributed by atoms with Crippen LogP contribution >= 0.6 is 0 Å². The number of urea groups is 8. The second-order valence-corrected chi connectivity index (χ2v) is 34.1. The van der Waals surface area contributed by atoms with Crippen LogP contribution in [0.3, 0.4) is 0 Å². The maximum Gasteiger partial charge on any atom is 2.00 e. The maximum absolute atomic E-state index is 15.7. The Bertz CT molecular complexity index is 3960. The number of nitrogens with zero attached hydrogens (tertiary/aromatic N) is 16. The zero-order valence-electron chi connectivity index (χ0n) is 57.0. The minimum atomic E-state index is -4.53. The van der Waals surface area contributed by atoms with Crippen LogP contribution in [0.4, 0.5) is 38.4 Å². The van der Waals surface area contributed by atoms with Gasteiger partial charge in [0, 0.05) is 45.3 Å². The van der Waals surface area contributed by atoms with Crippen LogP contribution in [0.2, 0.25) is 0 Å². The minimum Gasteiger partial charge on any atom is -0.748 e. The molecule has 0 aliphatic carbocycles. The quantitative estimate of drug-likeness (QED) is 0.0763. The van der Waals surface area contributed by atoms with E-state index in [1.54, 1.807) is 52.0 Å². The van der Waals surface area contributed by atoms with Gasteiger partial charge in [0.25, 0.3) is 0 Å². The van der Waals surface area contributed by atoms with Crippen LogP contribution in [0, 0.1) is 0 Å². The summed E-state index contributed by atoms with van der Waals surface area (Å²) in [7, 11) is -18.1. The Kier molecular flexibility index (Phi) is 18.5. The molecule has 13 aliphatic heterocycles. The van der Waals surface area contributed by atoms with Gasteiger partial charge in [-0.05, 0) is 103 Å². The average molecular weight is 1640 g/mol. The first-order valence-electron chi connectivity index (χ1n) is 33.2. The number of rotatable bonds is 24. The number of amides is 16. The van der Waals surface area contributed by atoms with Crippen LogP contribution in [0.5, 0.6) is 23.0 Å². The van der Waals surface area contributed by atoms with Crippen LogP contribution in [-0.2, 0) is 106 Å². The van der Waals surface area contributed by atoms with Crippen molar-refractivity contribution in [1.82, 2.24) is 78.4 Å². The van der Waals surface area contributed by atoms with Gasteiger partial charge in [-0.3, -0.25) is 78.4 Å². The Balaban J connectivity index is 0.00000481. The van der Waals surface area contributed by atoms with Crippen molar-refractivity contribution in [3.05, 3.63) is 46.5 Å². The molecular formula is C58H72N16O24S4Zn2. The molecule has 11 saturated heterocycles. The summed E-state index contributed by atoms with van der Waals surface area (Å²) in [5.41, 5.74) is -5.22. The van der Waals surface area contributed by atoms with Crippen LogP contribution in [0.15, 0.2) is 24.3 Å². The molecule has 13 heterocycles. The number of benzene rings is 2. The molecule has 46 heteroatoms. The Hall–Kier alpha value is -7.31. The van der Waals surface area contributed by atoms with E-state index in [2.05, 4.69) is 0 Å². The van der Waals surface area contributed by atoms with E-state index in [0.29, 0.717) is 22.3 Å². The van der Waals surface area contributed by atoms with Gasteiger partial charge in [0.15, 0.2) is 47.3 Å². The number of unbranched alkanes of at least 4 members (excludes halogenated alkanes) is 4. The molecule has 0 N–H and O–H groups in total. The van der Waals surface area contributed by atoms with Gasteiger partial charge < -0.3 is 37.2 Å². The first-order valence-corrected chi connectivity index (χ1v) is 39.5. The first kappa shape index (κ1) is 74.9. The van der Waals surface area contributed by atoms with Crippen molar-refractivity contribution in [3.63, 3.8) is 0 Å². The molecule has 13 aliphatic rings. The second-order valence-electron chi connectivity index (χ2n) is 28.0. The number of hydrogen-bond acceptors (Lipinski definition) is 24. The van der Waals surface area contributed by atoms with Crippen LogP contribution < -0.4 is 18.9 Å². The van der Waals surface area contributed by atoms with Gasteiger partial charge in [0.1, 0.15) is 63.0 Å². The van der Waals surface area contributed by atoms with Crippen molar-refractivity contribution < 1.29 is 148 Å². The monoisotopic (exact) mass is 1630 g/mol. The van der Waals surface area contributed by atoms with Crippen molar-refractivity contribution >= 4 is 88.7 Å². The van der Waals surface area contributed by atoms with E-state index in [4.69, 9.17) is 18.9 Å². The molecule has 16 amide bonds. The molecule has 0 aromatic heterocycles. The van der Waals surface area contributed by atoms with Gasteiger partial charge in [0.2, 0.25) is 0 Å². The molecule has 556 valence electrons. The van der Waals surface area contributed by atoms with Crippen molar-refractivity contribution in [2.24, 2.45) is 0 Å². The van der Waals surface area contributed by atoms with E-state index >= 15 is 38.4 Å². The van der Waals surface area contributed by atoms with Gasteiger partial charge in [-0.25, -0.2) is 72.0 Å². The molecule has 0 atom stereocenters. The molecule has 0 unspecified atom stereocenters. The molecule has 2 aromatic rings. The van der Waals surface area contributed by atoms with E-state index in [-0.39, 0.29) is 166 Å². The van der Waals surface area contributed by atoms with E-state index in [1.807, 2.05) is 0 Å². The van der Waals surface area contributed by atoms with Crippen molar-refractivity contribution in [2.45, 2.75) is 153 Å². The van der Waals surface area contributed by atoms with E-state index < -0.39 is 199 Å².